The summed E-state index contributed by atoms with van der Waals surface area (Å²) in [5.41, 5.74) is 2.00. The minimum atomic E-state index is -0.546. The van der Waals surface area contributed by atoms with E-state index in [4.69, 9.17) is 18.9 Å². The number of hydrogen-bond acceptors (Lipinski definition) is 6. The number of nitrogens with zero attached hydrogens (tertiary/aromatic N) is 2. The Morgan fingerprint density at radius 2 is 1.52 bits per heavy atom. The summed E-state index contributed by atoms with van der Waals surface area (Å²) in [5.74, 6) is 2.73. The van der Waals surface area contributed by atoms with Crippen LogP contribution in [0.1, 0.15) is 33.4 Å². The van der Waals surface area contributed by atoms with Crippen molar-refractivity contribution in [2.45, 2.75) is 13.0 Å². The number of imidazole rings is 1. The van der Waals surface area contributed by atoms with Gasteiger partial charge >= 0.3 is 0 Å². The number of nitrogens with one attached hydrogen (secondary N) is 1. The van der Waals surface area contributed by atoms with Gasteiger partial charge in [-0.3, -0.25) is 4.79 Å². The van der Waals surface area contributed by atoms with E-state index < -0.39 is 6.04 Å². The Morgan fingerprint density at radius 3 is 1.97 bits per heavy atom. The number of methoxy groups -OCH3 is 4. The highest BCUT2D eigenvalue weighted by molar-refractivity contribution is 5.95. The van der Waals surface area contributed by atoms with E-state index in [1.807, 2.05) is 36.9 Å². The molecule has 0 aliphatic carbocycles. The summed E-state index contributed by atoms with van der Waals surface area (Å²) in [6.07, 6.45) is 3.51. The van der Waals surface area contributed by atoms with Crippen molar-refractivity contribution < 1.29 is 23.7 Å². The number of hydrogen-bond donors (Lipinski definition) is 1. The van der Waals surface area contributed by atoms with Crippen LogP contribution in [0.5, 0.6) is 23.0 Å². The fourth-order valence-corrected chi connectivity index (χ4v) is 3.38. The third kappa shape index (κ3) is 4.58. The monoisotopic (exact) mass is 425 g/mol. The van der Waals surface area contributed by atoms with E-state index >= 15 is 0 Å². The van der Waals surface area contributed by atoms with Gasteiger partial charge in [0.1, 0.15) is 34.9 Å². The molecular weight excluding hydrogens is 398 g/mol. The smallest absolute Gasteiger partial charge is 0.252 e. The van der Waals surface area contributed by atoms with Crippen molar-refractivity contribution in [1.82, 2.24) is 14.9 Å². The second-order valence-corrected chi connectivity index (χ2v) is 6.95. The number of carbonyl (C=O) groups excluding carboxylic acids is 1. The van der Waals surface area contributed by atoms with E-state index in [0.717, 1.165) is 11.1 Å². The van der Waals surface area contributed by atoms with Gasteiger partial charge in [-0.1, -0.05) is 0 Å². The molecule has 1 unspecified atom stereocenters. The largest absolute Gasteiger partial charge is 0.497 e. The van der Waals surface area contributed by atoms with Gasteiger partial charge in [0, 0.05) is 36.6 Å². The van der Waals surface area contributed by atoms with E-state index in [0.29, 0.717) is 34.4 Å². The fraction of sp³-hybridized carbons (Fsp3) is 0.304. The molecule has 0 saturated heterocycles. The molecule has 1 atom stereocenters. The zero-order chi connectivity index (χ0) is 22.5. The average molecular weight is 425 g/mol. The van der Waals surface area contributed by atoms with Crippen LogP contribution in [0.4, 0.5) is 0 Å². The maximum Gasteiger partial charge on any atom is 0.252 e. The second kappa shape index (κ2) is 9.42. The summed E-state index contributed by atoms with van der Waals surface area (Å²) in [6, 6.07) is 8.30. The van der Waals surface area contributed by atoms with Gasteiger partial charge in [0.15, 0.2) is 0 Å². The van der Waals surface area contributed by atoms with Crippen LogP contribution < -0.4 is 24.3 Å². The van der Waals surface area contributed by atoms with Gasteiger partial charge < -0.3 is 28.8 Å². The van der Waals surface area contributed by atoms with Crippen LogP contribution in [-0.4, -0.2) is 43.9 Å². The van der Waals surface area contributed by atoms with Crippen LogP contribution in [0.25, 0.3) is 0 Å². The SMILES string of the molecule is COc1cc(OC)cc(C(NC(=O)c2cc(OC)c(C)c(OC)c2)c2nccn2C)c1. The first-order valence-corrected chi connectivity index (χ1v) is 9.65. The Balaban J connectivity index is 2.05. The van der Waals surface area contributed by atoms with Crippen molar-refractivity contribution in [3.05, 3.63) is 65.2 Å². The molecule has 8 nitrogen and oxygen atoms in total. The number of ether oxygens (including phenoxy) is 4. The highest BCUT2D eigenvalue weighted by atomic mass is 16.5. The first kappa shape index (κ1) is 22.0. The van der Waals surface area contributed by atoms with Crippen molar-refractivity contribution in [3.63, 3.8) is 0 Å². The minimum absolute atomic E-state index is 0.300. The third-order valence-corrected chi connectivity index (χ3v) is 5.11. The molecule has 0 fully saturated rings. The molecule has 0 aliphatic heterocycles. The predicted octanol–water partition coefficient (Wildman–Crippen LogP) is 3.28. The fourth-order valence-electron chi connectivity index (χ4n) is 3.38. The van der Waals surface area contributed by atoms with Gasteiger partial charge in [0.05, 0.1) is 28.4 Å². The van der Waals surface area contributed by atoms with E-state index in [9.17, 15) is 4.79 Å². The van der Waals surface area contributed by atoms with Gasteiger partial charge in [-0.2, -0.15) is 0 Å². The molecule has 3 aromatic rings. The molecule has 1 heterocycles. The summed E-state index contributed by atoms with van der Waals surface area (Å²) in [4.78, 5) is 17.7. The molecule has 0 bridgehead atoms. The molecular formula is C23H27N3O5. The van der Waals surface area contributed by atoms with E-state index in [1.54, 1.807) is 52.8 Å². The lowest BCUT2D eigenvalue weighted by molar-refractivity contribution is 0.0940. The van der Waals surface area contributed by atoms with Crippen LogP contribution in [-0.2, 0) is 7.05 Å². The molecule has 1 amide bonds. The number of rotatable bonds is 8. The normalized spacial score (nSPS) is 11.5. The van der Waals surface area contributed by atoms with Gasteiger partial charge in [-0.15, -0.1) is 0 Å². The summed E-state index contributed by atoms with van der Waals surface area (Å²) < 4.78 is 23.5. The lowest BCUT2D eigenvalue weighted by Crippen LogP contribution is -2.31. The van der Waals surface area contributed by atoms with Crippen LogP contribution in [0.2, 0.25) is 0 Å². The van der Waals surface area contributed by atoms with E-state index in [1.165, 1.54) is 0 Å². The molecule has 0 radical (unpaired) electrons. The Bertz CT molecular complexity index is 1030. The van der Waals surface area contributed by atoms with Crippen LogP contribution in [0.3, 0.4) is 0 Å². The van der Waals surface area contributed by atoms with Crippen LogP contribution in [0, 0.1) is 6.92 Å². The molecule has 0 aliphatic rings. The van der Waals surface area contributed by atoms with Gasteiger partial charge in [0.25, 0.3) is 5.91 Å². The second-order valence-electron chi connectivity index (χ2n) is 6.95. The van der Waals surface area contributed by atoms with Gasteiger partial charge in [0.2, 0.25) is 0 Å². The minimum Gasteiger partial charge on any atom is -0.497 e. The summed E-state index contributed by atoms with van der Waals surface area (Å²) in [6.45, 7) is 1.87. The number of amides is 1. The average Bonchev–Trinajstić information content (AvgIpc) is 3.22. The summed E-state index contributed by atoms with van der Waals surface area (Å²) in [5, 5.41) is 3.07. The maximum absolute atomic E-state index is 13.3. The Hall–Kier alpha value is -3.68. The molecule has 1 N–H and O–H groups in total. The van der Waals surface area contributed by atoms with E-state index in [-0.39, 0.29) is 5.91 Å². The highest BCUT2D eigenvalue weighted by Crippen LogP contribution is 2.32. The first-order valence-electron chi connectivity index (χ1n) is 9.65. The topological polar surface area (TPSA) is 83.8 Å². The summed E-state index contributed by atoms with van der Waals surface area (Å²) >= 11 is 0. The van der Waals surface area contributed by atoms with E-state index in [2.05, 4.69) is 10.3 Å². The molecule has 8 heteroatoms. The van der Waals surface area contributed by atoms with Crippen molar-refractivity contribution in [2.75, 3.05) is 28.4 Å². The van der Waals surface area contributed by atoms with Crippen LogP contribution >= 0.6 is 0 Å². The molecule has 1 aromatic heterocycles. The van der Waals surface area contributed by atoms with Crippen molar-refractivity contribution in [2.24, 2.45) is 7.05 Å². The van der Waals surface area contributed by atoms with Gasteiger partial charge in [-0.25, -0.2) is 4.98 Å². The predicted molar refractivity (Wildman–Crippen MR) is 116 cm³/mol. The maximum atomic E-state index is 13.3. The molecule has 31 heavy (non-hydrogen) atoms. The molecule has 2 aromatic carbocycles. The Labute approximate surface area is 181 Å². The zero-order valence-corrected chi connectivity index (χ0v) is 18.6. The number of aromatic nitrogens is 2. The van der Waals surface area contributed by atoms with Gasteiger partial charge in [-0.05, 0) is 36.8 Å². The van der Waals surface area contributed by atoms with Crippen LogP contribution in [0.15, 0.2) is 42.7 Å². The molecule has 0 spiro atoms. The summed E-state index contributed by atoms with van der Waals surface area (Å²) in [7, 11) is 8.15. The Morgan fingerprint density at radius 1 is 0.935 bits per heavy atom. The Kier molecular flexibility index (Phi) is 6.69. The standard InChI is InChI=1S/C23H27N3O5/c1-14-19(30-5)11-16(12-20(14)31-6)23(27)25-21(22-24-7-8-26(22)2)15-9-17(28-3)13-18(10-15)29-4/h7-13,21H,1-6H3,(H,25,27). The zero-order valence-electron chi connectivity index (χ0n) is 18.6. The number of benzene rings is 2. The van der Waals surface area contributed by atoms with Crippen molar-refractivity contribution in [1.29, 1.82) is 0 Å². The van der Waals surface area contributed by atoms with Crippen molar-refractivity contribution in [3.8, 4) is 23.0 Å². The first-order chi connectivity index (χ1) is 14.9. The third-order valence-electron chi connectivity index (χ3n) is 5.11. The highest BCUT2D eigenvalue weighted by Gasteiger charge is 2.24. The molecule has 0 saturated carbocycles. The lowest BCUT2D eigenvalue weighted by Gasteiger charge is -2.21. The molecule has 3 rings (SSSR count). The van der Waals surface area contributed by atoms with Crippen molar-refractivity contribution >= 4 is 5.91 Å². The number of aryl methyl sites for hydroxylation is 1. The quantitative estimate of drug-likeness (QED) is 0.596. The lowest BCUT2D eigenvalue weighted by atomic mass is 10.0. The number of carbonyl (C=O) groups is 1. The molecule has 164 valence electrons.